The van der Waals surface area contributed by atoms with E-state index >= 15 is 0 Å². The smallest absolute Gasteiger partial charge is 0.306 e. The van der Waals surface area contributed by atoms with Gasteiger partial charge in [0, 0.05) is 25.3 Å². The summed E-state index contributed by atoms with van der Waals surface area (Å²) in [6.45, 7) is 1.36. The SMILES string of the molecule is CS(=O)(=O)Oc1ccc(CN(C[C@@H]2CCCO2)C(=O)c2cccc(F)c2)cc1. The molecular formula is C20H22FNO5S. The van der Waals surface area contributed by atoms with Crippen molar-refractivity contribution in [3.8, 4) is 5.75 Å². The highest BCUT2D eigenvalue weighted by Gasteiger charge is 2.24. The monoisotopic (exact) mass is 407 g/mol. The summed E-state index contributed by atoms with van der Waals surface area (Å²) in [5.74, 6) is -0.551. The molecule has 0 unspecified atom stereocenters. The van der Waals surface area contributed by atoms with Crippen molar-refractivity contribution >= 4 is 16.0 Å². The average Bonchev–Trinajstić information content (AvgIpc) is 3.14. The molecule has 1 aliphatic rings. The number of ether oxygens (including phenoxy) is 1. The summed E-state index contributed by atoms with van der Waals surface area (Å²) < 4.78 is 46.4. The van der Waals surface area contributed by atoms with Gasteiger partial charge in [0.25, 0.3) is 5.91 Å². The summed E-state index contributed by atoms with van der Waals surface area (Å²) in [6, 6.07) is 12.1. The Bertz CT molecular complexity index is 924. The van der Waals surface area contributed by atoms with Gasteiger partial charge in [-0.2, -0.15) is 8.42 Å². The highest BCUT2D eigenvalue weighted by Crippen LogP contribution is 2.20. The summed E-state index contributed by atoms with van der Waals surface area (Å²) in [5, 5.41) is 0. The van der Waals surface area contributed by atoms with E-state index in [-0.39, 0.29) is 29.9 Å². The molecule has 0 saturated carbocycles. The number of rotatable bonds is 7. The zero-order valence-electron chi connectivity index (χ0n) is 15.5. The molecule has 2 aromatic carbocycles. The summed E-state index contributed by atoms with van der Waals surface area (Å²) in [5.41, 5.74) is 1.07. The van der Waals surface area contributed by atoms with Gasteiger partial charge < -0.3 is 13.8 Å². The van der Waals surface area contributed by atoms with Crippen molar-refractivity contribution in [1.82, 2.24) is 4.90 Å². The third-order valence-corrected chi connectivity index (χ3v) is 4.85. The Morgan fingerprint density at radius 2 is 2.00 bits per heavy atom. The number of carbonyl (C=O) groups excluding carboxylic acids is 1. The van der Waals surface area contributed by atoms with Gasteiger partial charge >= 0.3 is 10.1 Å². The first kappa shape index (κ1) is 20.3. The number of amides is 1. The van der Waals surface area contributed by atoms with E-state index in [1.165, 1.54) is 30.3 Å². The quantitative estimate of drug-likeness (QED) is 0.660. The fourth-order valence-electron chi connectivity index (χ4n) is 3.10. The third-order valence-electron chi connectivity index (χ3n) is 4.35. The van der Waals surface area contributed by atoms with Crippen LogP contribution in [-0.4, -0.2) is 44.7 Å². The van der Waals surface area contributed by atoms with Crippen LogP contribution >= 0.6 is 0 Å². The van der Waals surface area contributed by atoms with Crippen molar-refractivity contribution in [2.45, 2.75) is 25.5 Å². The Labute approximate surface area is 164 Å². The lowest BCUT2D eigenvalue weighted by Gasteiger charge is -2.26. The Hall–Kier alpha value is -2.45. The average molecular weight is 407 g/mol. The lowest BCUT2D eigenvalue weighted by atomic mass is 10.1. The maximum Gasteiger partial charge on any atom is 0.306 e. The normalized spacial score (nSPS) is 16.7. The number of nitrogens with zero attached hydrogens (tertiary/aromatic N) is 1. The zero-order chi connectivity index (χ0) is 20.1. The van der Waals surface area contributed by atoms with Crippen LogP contribution in [0.5, 0.6) is 5.75 Å². The molecule has 3 rings (SSSR count). The lowest BCUT2D eigenvalue weighted by molar-refractivity contribution is 0.0507. The molecule has 0 bridgehead atoms. The summed E-state index contributed by atoms with van der Waals surface area (Å²) in [6.07, 6.45) is 2.74. The first-order chi connectivity index (χ1) is 13.3. The predicted molar refractivity (Wildman–Crippen MR) is 102 cm³/mol. The van der Waals surface area contributed by atoms with Crippen LogP contribution < -0.4 is 4.18 Å². The maximum atomic E-state index is 13.5. The minimum atomic E-state index is -3.60. The number of hydrogen-bond donors (Lipinski definition) is 0. The van der Waals surface area contributed by atoms with Crippen molar-refractivity contribution in [3.05, 3.63) is 65.5 Å². The van der Waals surface area contributed by atoms with E-state index in [0.717, 1.165) is 24.7 Å². The second-order valence-electron chi connectivity index (χ2n) is 6.76. The minimum Gasteiger partial charge on any atom is -0.383 e. The first-order valence-electron chi connectivity index (χ1n) is 8.95. The lowest BCUT2D eigenvalue weighted by Crippen LogP contribution is -2.37. The van der Waals surface area contributed by atoms with Gasteiger partial charge in [-0.1, -0.05) is 18.2 Å². The molecule has 1 heterocycles. The van der Waals surface area contributed by atoms with Crippen LogP contribution in [0.3, 0.4) is 0 Å². The van der Waals surface area contributed by atoms with E-state index in [2.05, 4.69) is 0 Å². The Morgan fingerprint density at radius 1 is 1.25 bits per heavy atom. The number of carbonyl (C=O) groups is 1. The van der Waals surface area contributed by atoms with Crippen LogP contribution in [0.1, 0.15) is 28.8 Å². The molecule has 28 heavy (non-hydrogen) atoms. The minimum absolute atomic E-state index is 0.0506. The Balaban J connectivity index is 1.77. The van der Waals surface area contributed by atoms with Crippen LogP contribution in [0.4, 0.5) is 4.39 Å². The molecule has 0 aliphatic carbocycles. The standard InChI is InChI=1S/C20H22FNO5S/c1-28(24,25)27-18-9-7-15(8-10-18)13-22(14-19-6-3-11-26-19)20(23)16-4-2-5-17(21)12-16/h2,4-5,7-10,12,19H,3,6,11,13-14H2,1H3/t19-/m0/s1. The van der Waals surface area contributed by atoms with Crippen LogP contribution in [0.15, 0.2) is 48.5 Å². The molecule has 0 N–H and O–H groups in total. The van der Waals surface area contributed by atoms with E-state index in [4.69, 9.17) is 8.92 Å². The van der Waals surface area contributed by atoms with Crippen LogP contribution in [0.25, 0.3) is 0 Å². The van der Waals surface area contributed by atoms with E-state index in [1.54, 1.807) is 23.1 Å². The van der Waals surface area contributed by atoms with Crippen LogP contribution in [0, 0.1) is 5.82 Å². The molecule has 0 spiro atoms. The van der Waals surface area contributed by atoms with Gasteiger partial charge in [0.05, 0.1) is 12.4 Å². The molecule has 1 atom stereocenters. The fourth-order valence-corrected chi connectivity index (χ4v) is 3.56. The topological polar surface area (TPSA) is 72.9 Å². The molecule has 1 amide bonds. The molecule has 8 heteroatoms. The van der Waals surface area contributed by atoms with Gasteiger partial charge in [0.1, 0.15) is 11.6 Å². The van der Waals surface area contributed by atoms with Gasteiger partial charge in [-0.25, -0.2) is 4.39 Å². The van der Waals surface area contributed by atoms with Gasteiger partial charge in [-0.05, 0) is 48.7 Å². The van der Waals surface area contributed by atoms with E-state index in [9.17, 15) is 17.6 Å². The van der Waals surface area contributed by atoms with Crippen LogP contribution in [-0.2, 0) is 21.4 Å². The predicted octanol–water partition coefficient (Wildman–Crippen LogP) is 2.99. The van der Waals surface area contributed by atoms with Crippen molar-refractivity contribution < 1.29 is 26.5 Å². The summed E-state index contributed by atoms with van der Waals surface area (Å²) in [4.78, 5) is 14.6. The molecular weight excluding hydrogens is 385 g/mol. The van der Waals surface area contributed by atoms with E-state index < -0.39 is 15.9 Å². The molecule has 2 aromatic rings. The van der Waals surface area contributed by atoms with Gasteiger partial charge in [-0.3, -0.25) is 4.79 Å². The highest BCUT2D eigenvalue weighted by atomic mass is 32.2. The summed E-state index contributed by atoms with van der Waals surface area (Å²) >= 11 is 0. The van der Waals surface area contributed by atoms with Crippen molar-refractivity contribution in [2.24, 2.45) is 0 Å². The molecule has 6 nitrogen and oxygen atoms in total. The van der Waals surface area contributed by atoms with Crippen molar-refractivity contribution in [1.29, 1.82) is 0 Å². The molecule has 1 fully saturated rings. The highest BCUT2D eigenvalue weighted by molar-refractivity contribution is 7.86. The second kappa shape index (κ2) is 8.70. The molecule has 1 saturated heterocycles. The van der Waals surface area contributed by atoms with E-state index in [1.807, 2.05) is 0 Å². The van der Waals surface area contributed by atoms with Crippen molar-refractivity contribution in [2.75, 3.05) is 19.4 Å². The van der Waals surface area contributed by atoms with Gasteiger partial charge in [0.15, 0.2) is 0 Å². The summed E-state index contributed by atoms with van der Waals surface area (Å²) in [7, 11) is -3.60. The van der Waals surface area contributed by atoms with Gasteiger partial charge in [0.2, 0.25) is 0 Å². The van der Waals surface area contributed by atoms with E-state index in [0.29, 0.717) is 13.2 Å². The second-order valence-corrected chi connectivity index (χ2v) is 8.34. The number of hydrogen-bond acceptors (Lipinski definition) is 5. The fraction of sp³-hybridized carbons (Fsp3) is 0.350. The van der Waals surface area contributed by atoms with Crippen LogP contribution in [0.2, 0.25) is 0 Å². The Kier molecular flexibility index (Phi) is 6.31. The molecule has 150 valence electrons. The third kappa shape index (κ3) is 5.77. The number of benzene rings is 2. The first-order valence-corrected chi connectivity index (χ1v) is 10.8. The Morgan fingerprint density at radius 3 is 2.61 bits per heavy atom. The zero-order valence-corrected chi connectivity index (χ0v) is 16.3. The van der Waals surface area contributed by atoms with Gasteiger partial charge in [-0.15, -0.1) is 0 Å². The largest absolute Gasteiger partial charge is 0.383 e. The number of halogens is 1. The molecule has 0 radical (unpaired) electrons. The molecule has 0 aromatic heterocycles. The molecule has 1 aliphatic heterocycles. The van der Waals surface area contributed by atoms with Crippen molar-refractivity contribution in [3.63, 3.8) is 0 Å². The maximum absolute atomic E-state index is 13.5.